The van der Waals surface area contributed by atoms with Crippen molar-refractivity contribution in [2.24, 2.45) is 11.7 Å². The minimum absolute atomic E-state index is 0.0243. The van der Waals surface area contributed by atoms with Crippen LogP contribution in [0.25, 0.3) is 0 Å². The molecule has 1 aliphatic carbocycles. The minimum Gasteiger partial charge on any atom is -0.469 e. The highest BCUT2D eigenvalue weighted by atomic mass is 16.5. The molecular formula is C10H21NO2. The molecule has 2 unspecified atom stereocenters. The third kappa shape index (κ3) is 3.77. The van der Waals surface area contributed by atoms with Crippen molar-refractivity contribution >= 4 is 5.97 Å². The van der Waals surface area contributed by atoms with Crippen LogP contribution in [0, 0.1) is 5.92 Å². The molecule has 3 heteroatoms. The second-order valence-corrected chi connectivity index (χ2v) is 3.08. The Morgan fingerprint density at radius 1 is 1.31 bits per heavy atom. The zero-order chi connectivity index (χ0) is 10.3. The molecule has 2 atom stereocenters. The number of methoxy groups -OCH3 is 1. The SMILES string of the molecule is CC.COC(=O)C1CCCCC1N. The normalized spacial score (nSPS) is 27.1. The first-order valence-electron chi connectivity index (χ1n) is 5.09. The van der Waals surface area contributed by atoms with Crippen molar-refractivity contribution in [1.82, 2.24) is 0 Å². The summed E-state index contributed by atoms with van der Waals surface area (Å²) in [5.74, 6) is -0.189. The Kier molecular flexibility index (Phi) is 6.59. The average molecular weight is 187 g/mol. The Bertz CT molecular complexity index is 148. The highest BCUT2D eigenvalue weighted by Crippen LogP contribution is 2.23. The number of carbonyl (C=O) groups excluding carboxylic acids is 1. The van der Waals surface area contributed by atoms with Crippen LogP contribution in [0.5, 0.6) is 0 Å². The fourth-order valence-electron chi connectivity index (χ4n) is 1.60. The van der Waals surface area contributed by atoms with Crippen LogP contribution in [-0.4, -0.2) is 19.1 Å². The lowest BCUT2D eigenvalue weighted by atomic mass is 9.85. The Labute approximate surface area is 80.6 Å². The zero-order valence-corrected chi connectivity index (χ0v) is 8.88. The molecular weight excluding hydrogens is 166 g/mol. The minimum atomic E-state index is -0.141. The van der Waals surface area contributed by atoms with Crippen molar-refractivity contribution in [2.45, 2.75) is 45.6 Å². The molecule has 0 heterocycles. The summed E-state index contributed by atoms with van der Waals surface area (Å²) < 4.78 is 4.64. The molecule has 78 valence electrons. The van der Waals surface area contributed by atoms with Gasteiger partial charge in [-0.25, -0.2) is 0 Å². The van der Waals surface area contributed by atoms with Crippen LogP contribution in [0.1, 0.15) is 39.5 Å². The van der Waals surface area contributed by atoms with Gasteiger partial charge in [-0.3, -0.25) is 4.79 Å². The predicted molar refractivity (Wildman–Crippen MR) is 53.3 cm³/mol. The van der Waals surface area contributed by atoms with Crippen molar-refractivity contribution in [2.75, 3.05) is 7.11 Å². The fourth-order valence-corrected chi connectivity index (χ4v) is 1.60. The molecule has 1 rings (SSSR count). The highest BCUT2D eigenvalue weighted by molar-refractivity contribution is 5.73. The van der Waals surface area contributed by atoms with Gasteiger partial charge >= 0.3 is 5.97 Å². The van der Waals surface area contributed by atoms with Crippen molar-refractivity contribution in [3.8, 4) is 0 Å². The lowest BCUT2D eigenvalue weighted by Gasteiger charge is -2.25. The van der Waals surface area contributed by atoms with Gasteiger partial charge in [0.25, 0.3) is 0 Å². The first kappa shape index (κ1) is 12.4. The molecule has 0 saturated heterocycles. The second kappa shape index (κ2) is 6.89. The van der Waals surface area contributed by atoms with E-state index in [-0.39, 0.29) is 17.9 Å². The fraction of sp³-hybridized carbons (Fsp3) is 0.900. The number of hydrogen-bond acceptors (Lipinski definition) is 3. The number of carbonyl (C=O) groups is 1. The van der Waals surface area contributed by atoms with E-state index in [9.17, 15) is 4.79 Å². The number of esters is 1. The Hall–Kier alpha value is -0.570. The molecule has 0 amide bonds. The van der Waals surface area contributed by atoms with Gasteiger partial charge in [0, 0.05) is 6.04 Å². The van der Waals surface area contributed by atoms with Crippen molar-refractivity contribution < 1.29 is 9.53 Å². The summed E-state index contributed by atoms with van der Waals surface area (Å²) in [6.07, 6.45) is 4.11. The quantitative estimate of drug-likeness (QED) is 0.636. The third-order valence-corrected chi connectivity index (χ3v) is 2.32. The van der Waals surface area contributed by atoms with Crippen molar-refractivity contribution in [3.63, 3.8) is 0 Å². The van der Waals surface area contributed by atoms with E-state index in [2.05, 4.69) is 4.74 Å². The van der Waals surface area contributed by atoms with Crippen LogP contribution in [0.2, 0.25) is 0 Å². The van der Waals surface area contributed by atoms with E-state index in [1.807, 2.05) is 13.8 Å². The topological polar surface area (TPSA) is 52.3 Å². The van der Waals surface area contributed by atoms with Crippen LogP contribution in [0.15, 0.2) is 0 Å². The Morgan fingerprint density at radius 3 is 2.31 bits per heavy atom. The summed E-state index contributed by atoms with van der Waals surface area (Å²) in [4.78, 5) is 11.1. The molecule has 1 fully saturated rings. The van der Waals surface area contributed by atoms with Gasteiger partial charge in [0.2, 0.25) is 0 Å². The number of hydrogen-bond donors (Lipinski definition) is 1. The number of rotatable bonds is 1. The molecule has 2 N–H and O–H groups in total. The molecule has 0 spiro atoms. The van der Waals surface area contributed by atoms with Gasteiger partial charge in [-0.15, -0.1) is 0 Å². The van der Waals surface area contributed by atoms with Crippen molar-refractivity contribution in [3.05, 3.63) is 0 Å². The molecule has 0 aromatic heterocycles. The van der Waals surface area contributed by atoms with E-state index in [4.69, 9.17) is 5.73 Å². The van der Waals surface area contributed by atoms with E-state index in [0.29, 0.717) is 0 Å². The average Bonchev–Trinajstić information content (AvgIpc) is 2.20. The summed E-state index contributed by atoms with van der Waals surface area (Å²) in [5.41, 5.74) is 5.75. The van der Waals surface area contributed by atoms with Crippen LogP contribution < -0.4 is 5.73 Å². The van der Waals surface area contributed by atoms with Gasteiger partial charge in [-0.2, -0.15) is 0 Å². The molecule has 3 nitrogen and oxygen atoms in total. The maximum Gasteiger partial charge on any atom is 0.310 e. The lowest BCUT2D eigenvalue weighted by Crippen LogP contribution is -2.38. The van der Waals surface area contributed by atoms with Crippen molar-refractivity contribution in [1.29, 1.82) is 0 Å². The zero-order valence-electron chi connectivity index (χ0n) is 8.88. The van der Waals surface area contributed by atoms with Gasteiger partial charge in [0.1, 0.15) is 0 Å². The molecule has 0 radical (unpaired) electrons. The van der Waals surface area contributed by atoms with Crippen LogP contribution in [-0.2, 0) is 9.53 Å². The van der Waals surface area contributed by atoms with Gasteiger partial charge in [-0.1, -0.05) is 26.7 Å². The van der Waals surface area contributed by atoms with Gasteiger partial charge in [0.05, 0.1) is 13.0 Å². The highest BCUT2D eigenvalue weighted by Gasteiger charge is 2.28. The first-order valence-corrected chi connectivity index (χ1v) is 5.09. The second-order valence-electron chi connectivity index (χ2n) is 3.08. The van der Waals surface area contributed by atoms with E-state index < -0.39 is 0 Å². The van der Waals surface area contributed by atoms with Gasteiger partial charge < -0.3 is 10.5 Å². The number of ether oxygens (including phenoxy) is 1. The summed E-state index contributed by atoms with van der Waals surface area (Å²) in [5, 5.41) is 0. The first-order chi connectivity index (χ1) is 6.25. The molecule has 1 saturated carbocycles. The molecule has 1 aliphatic rings. The van der Waals surface area contributed by atoms with Crippen LogP contribution >= 0.6 is 0 Å². The van der Waals surface area contributed by atoms with E-state index >= 15 is 0 Å². The maximum atomic E-state index is 11.1. The third-order valence-electron chi connectivity index (χ3n) is 2.32. The van der Waals surface area contributed by atoms with Gasteiger partial charge in [-0.05, 0) is 12.8 Å². The summed E-state index contributed by atoms with van der Waals surface area (Å²) in [6.45, 7) is 4.00. The smallest absolute Gasteiger partial charge is 0.310 e. The standard InChI is InChI=1S/C8H15NO2.C2H6/c1-11-8(10)6-4-2-3-5-7(6)9;1-2/h6-7H,2-5,9H2,1H3;1-2H3. The molecule has 0 aliphatic heterocycles. The monoisotopic (exact) mass is 187 g/mol. The molecule has 0 bridgehead atoms. The van der Waals surface area contributed by atoms with E-state index in [0.717, 1.165) is 25.7 Å². The van der Waals surface area contributed by atoms with E-state index in [1.54, 1.807) is 0 Å². The lowest BCUT2D eigenvalue weighted by molar-refractivity contribution is -0.147. The summed E-state index contributed by atoms with van der Waals surface area (Å²) in [7, 11) is 1.42. The summed E-state index contributed by atoms with van der Waals surface area (Å²) >= 11 is 0. The maximum absolute atomic E-state index is 11.1. The van der Waals surface area contributed by atoms with Crippen LogP contribution in [0.3, 0.4) is 0 Å². The van der Waals surface area contributed by atoms with E-state index in [1.165, 1.54) is 7.11 Å². The number of nitrogens with two attached hydrogens (primary N) is 1. The molecule has 13 heavy (non-hydrogen) atoms. The van der Waals surface area contributed by atoms with Gasteiger partial charge in [0.15, 0.2) is 0 Å². The summed E-state index contributed by atoms with van der Waals surface area (Å²) in [6, 6.07) is 0.0243. The molecule has 0 aromatic rings. The molecule has 0 aromatic carbocycles. The Morgan fingerprint density at radius 2 is 1.85 bits per heavy atom. The van der Waals surface area contributed by atoms with Crippen LogP contribution in [0.4, 0.5) is 0 Å². The Balaban J connectivity index is 0.000000671. The predicted octanol–water partition coefficient (Wildman–Crippen LogP) is 1.70. The largest absolute Gasteiger partial charge is 0.469 e.